The van der Waals surface area contributed by atoms with Crippen LogP contribution in [0.25, 0.3) is 0 Å². The third-order valence-electron chi connectivity index (χ3n) is 2.73. The van der Waals surface area contributed by atoms with Gasteiger partial charge < -0.3 is 4.74 Å². The summed E-state index contributed by atoms with van der Waals surface area (Å²) in [5.41, 5.74) is 0. The Balaban J connectivity index is 2.35. The van der Waals surface area contributed by atoms with E-state index in [0.29, 0.717) is 25.0 Å². The van der Waals surface area contributed by atoms with Crippen LogP contribution in [0.15, 0.2) is 0 Å². The number of halogens is 3. The minimum Gasteiger partial charge on any atom is -0.367 e. The number of alkyl halides is 3. The molecule has 0 bridgehead atoms. The molecule has 1 aliphatic rings. The third-order valence-corrected chi connectivity index (χ3v) is 2.73. The highest BCUT2D eigenvalue weighted by Crippen LogP contribution is 2.24. The fraction of sp³-hybridized carbons (Fsp3) is 1.00. The topological polar surface area (TPSA) is 12.5 Å². The van der Waals surface area contributed by atoms with Crippen molar-refractivity contribution in [2.45, 2.75) is 51.6 Å². The molecule has 1 heterocycles. The van der Waals surface area contributed by atoms with E-state index < -0.39 is 12.8 Å². The van der Waals surface area contributed by atoms with Crippen molar-refractivity contribution in [1.82, 2.24) is 4.90 Å². The SMILES string of the molecule is CC(C)N1CC(OCC(F)(F)F)CC1C. The van der Waals surface area contributed by atoms with Crippen LogP contribution in [0.4, 0.5) is 13.2 Å². The number of likely N-dealkylation sites (tertiary alicyclic amines) is 1. The first-order valence-corrected chi connectivity index (χ1v) is 5.23. The number of nitrogens with zero attached hydrogens (tertiary/aromatic N) is 1. The molecule has 1 fully saturated rings. The summed E-state index contributed by atoms with van der Waals surface area (Å²) < 4.78 is 40.6. The zero-order chi connectivity index (χ0) is 11.6. The van der Waals surface area contributed by atoms with E-state index in [0.717, 1.165) is 0 Å². The zero-order valence-electron chi connectivity index (χ0n) is 9.34. The minimum atomic E-state index is -4.21. The molecule has 0 saturated carbocycles. The molecule has 0 N–H and O–H groups in total. The first-order valence-electron chi connectivity index (χ1n) is 5.23. The molecule has 15 heavy (non-hydrogen) atoms. The van der Waals surface area contributed by atoms with Gasteiger partial charge in [-0.2, -0.15) is 13.2 Å². The largest absolute Gasteiger partial charge is 0.411 e. The Morgan fingerprint density at radius 3 is 2.40 bits per heavy atom. The first-order chi connectivity index (χ1) is 6.79. The van der Waals surface area contributed by atoms with Gasteiger partial charge in [-0.25, -0.2) is 0 Å². The van der Waals surface area contributed by atoms with E-state index in [1.165, 1.54) is 0 Å². The van der Waals surface area contributed by atoms with Crippen LogP contribution in [-0.4, -0.2) is 42.4 Å². The molecule has 0 spiro atoms. The minimum absolute atomic E-state index is 0.274. The van der Waals surface area contributed by atoms with Crippen LogP contribution < -0.4 is 0 Å². The Hall–Kier alpha value is -0.290. The highest BCUT2D eigenvalue weighted by molar-refractivity contribution is 4.85. The number of hydrogen-bond donors (Lipinski definition) is 0. The summed E-state index contributed by atoms with van der Waals surface area (Å²) in [6, 6.07) is 0.669. The van der Waals surface area contributed by atoms with E-state index in [4.69, 9.17) is 4.74 Å². The molecule has 0 aromatic rings. The fourth-order valence-electron chi connectivity index (χ4n) is 2.06. The van der Waals surface area contributed by atoms with E-state index in [1.807, 2.05) is 20.8 Å². The Morgan fingerprint density at radius 2 is 2.00 bits per heavy atom. The van der Waals surface area contributed by atoms with E-state index in [1.54, 1.807) is 0 Å². The Morgan fingerprint density at radius 1 is 1.40 bits per heavy atom. The summed E-state index contributed by atoms with van der Waals surface area (Å²) >= 11 is 0. The molecule has 1 saturated heterocycles. The van der Waals surface area contributed by atoms with Crippen molar-refractivity contribution in [3.05, 3.63) is 0 Å². The number of rotatable bonds is 3. The van der Waals surface area contributed by atoms with Gasteiger partial charge in [0, 0.05) is 18.6 Å². The van der Waals surface area contributed by atoms with Crippen molar-refractivity contribution < 1.29 is 17.9 Å². The van der Waals surface area contributed by atoms with Gasteiger partial charge >= 0.3 is 6.18 Å². The normalized spacial score (nSPS) is 29.0. The Labute approximate surface area is 88.4 Å². The van der Waals surface area contributed by atoms with Gasteiger partial charge in [0.15, 0.2) is 0 Å². The zero-order valence-corrected chi connectivity index (χ0v) is 9.34. The van der Waals surface area contributed by atoms with Gasteiger partial charge in [-0.1, -0.05) is 0 Å². The van der Waals surface area contributed by atoms with Gasteiger partial charge in [0.25, 0.3) is 0 Å². The molecule has 5 heteroatoms. The van der Waals surface area contributed by atoms with Crippen LogP contribution in [0.2, 0.25) is 0 Å². The highest BCUT2D eigenvalue weighted by Gasteiger charge is 2.35. The van der Waals surface area contributed by atoms with Gasteiger partial charge in [0.2, 0.25) is 0 Å². The third kappa shape index (κ3) is 3.99. The summed E-state index contributed by atoms with van der Waals surface area (Å²) in [6.45, 7) is 5.59. The molecular weight excluding hydrogens is 207 g/mol. The van der Waals surface area contributed by atoms with Crippen LogP contribution in [-0.2, 0) is 4.74 Å². The van der Waals surface area contributed by atoms with Crippen molar-refractivity contribution in [2.75, 3.05) is 13.2 Å². The molecule has 90 valence electrons. The summed E-state index contributed by atoms with van der Waals surface area (Å²) in [4.78, 5) is 2.17. The van der Waals surface area contributed by atoms with Gasteiger partial charge in [-0.05, 0) is 27.2 Å². The predicted molar refractivity (Wildman–Crippen MR) is 51.7 cm³/mol. The van der Waals surface area contributed by atoms with Crippen molar-refractivity contribution >= 4 is 0 Å². The quantitative estimate of drug-likeness (QED) is 0.731. The first kappa shape index (κ1) is 12.8. The maximum absolute atomic E-state index is 11.9. The van der Waals surface area contributed by atoms with E-state index >= 15 is 0 Å². The molecule has 0 aromatic carbocycles. The molecular formula is C10H18F3NO. The maximum Gasteiger partial charge on any atom is 0.411 e. The van der Waals surface area contributed by atoms with Gasteiger partial charge in [-0.3, -0.25) is 4.90 Å². The van der Waals surface area contributed by atoms with E-state index in [-0.39, 0.29) is 6.10 Å². The predicted octanol–water partition coefficient (Wildman–Crippen LogP) is 2.44. The molecule has 0 amide bonds. The summed E-state index contributed by atoms with van der Waals surface area (Å²) in [6.07, 6.45) is -3.80. The molecule has 0 aromatic heterocycles. The van der Waals surface area contributed by atoms with Crippen molar-refractivity contribution in [3.8, 4) is 0 Å². The van der Waals surface area contributed by atoms with Crippen LogP contribution in [0, 0.1) is 0 Å². The maximum atomic E-state index is 11.9. The second kappa shape index (κ2) is 4.70. The smallest absolute Gasteiger partial charge is 0.367 e. The molecule has 0 aliphatic carbocycles. The van der Waals surface area contributed by atoms with Crippen LogP contribution >= 0.6 is 0 Å². The van der Waals surface area contributed by atoms with Crippen LogP contribution in [0.5, 0.6) is 0 Å². The standard InChI is InChI=1S/C10H18F3NO/c1-7(2)14-5-9(4-8(14)3)15-6-10(11,12)13/h7-9H,4-6H2,1-3H3. The molecule has 0 radical (unpaired) electrons. The van der Waals surface area contributed by atoms with Gasteiger partial charge in [0.05, 0.1) is 6.10 Å². The molecule has 1 rings (SSSR count). The van der Waals surface area contributed by atoms with Crippen molar-refractivity contribution in [3.63, 3.8) is 0 Å². The lowest BCUT2D eigenvalue weighted by molar-refractivity contribution is -0.184. The van der Waals surface area contributed by atoms with Crippen molar-refractivity contribution in [2.24, 2.45) is 0 Å². The van der Waals surface area contributed by atoms with Crippen LogP contribution in [0.1, 0.15) is 27.2 Å². The summed E-state index contributed by atoms with van der Waals surface area (Å²) in [7, 11) is 0. The lowest BCUT2D eigenvalue weighted by Crippen LogP contribution is -2.34. The Kier molecular flexibility index (Phi) is 4.00. The molecule has 2 nitrogen and oxygen atoms in total. The van der Waals surface area contributed by atoms with Gasteiger partial charge in [-0.15, -0.1) is 0 Å². The van der Waals surface area contributed by atoms with Crippen molar-refractivity contribution in [1.29, 1.82) is 0 Å². The molecule has 1 aliphatic heterocycles. The monoisotopic (exact) mass is 225 g/mol. The number of ether oxygens (including phenoxy) is 1. The average Bonchev–Trinajstić information content (AvgIpc) is 2.42. The summed E-state index contributed by atoms with van der Waals surface area (Å²) in [5.74, 6) is 0. The average molecular weight is 225 g/mol. The lowest BCUT2D eigenvalue weighted by atomic mass is 10.2. The lowest BCUT2D eigenvalue weighted by Gasteiger charge is -2.25. The second-order valence-electron chi connectivity index (χ2n) is 4.42. The molecule has 2 unspecified atom stereocenters. The summed E-state index contributed by atoms with van der Waals surface area (Å²) in [5, 5.41) is 0. The van der Waals surface area contributed by atoms with Crippen LogP contribution in [0.3, 0.4) is 0 Å². The highest BCUT2D eigenvalue weighted by atomic mass is 19.4. The van der Waals surface area contributed by atoms with E-state index in [9.17, 15) is 13.2 Å². The van der Waals surface area contributed by atoms with Gasteiger partial charge in [0.1, 0.15) is 6.61 Å². The number of hydrogen-bond acceptors (Lipinski definition) is 2. The Bertz CT molecular complexity index is 205. The second-order valence-corrected chi connectivity index (χ2v) is 4.42. The van der Waals surface area contributed by atoms with E-state index in [2.05, 4.69) is 4.90 Å². The molecule has 2 atom stereocenters. The fourth-order valence-corrected chi connectivity index (χ4v) is 2.06.